The van der Waals surface area contributed by atoms with Crippen molar-refractivity contribution < 1.29 is 0 Å². The lowest BCUT2D eigenvalue weighted by molar-refractivity contribution is 0.971. The predicted molar refractivity (Wildman–Crippen MR) is 61.4 cm³/mol. The fourth-order valence-corrected chi connectivity index (χ4v) is 1.74. The van der Waals surface area contributed by atoms with Gasteiger partial charge in [0.2, 0.25) is 0 Å². The molecular weight excluding hydrogens is 170 g/mol. The van der Waals surface area contributed by atoms with Crippen LogP contribution in [0.2, 0.25) is 0 Å². The Morgan fingerprint density at radius 3 is 2.50 bits per heavy atom. The molecule has 0 aromatic heterocycles. The van der Waals surface area contributed by atoms with Crippen LogP contribution < -0.4 is 5.73 Å². The summed E-state index contributed by atoms with van der Waals surface area (Å²) in [5.41, 5.74) is 8.16. The van der Waals surface area contributed by atoms with E-state index in [1.54, 1.807) is 0 Å². The molecule has 0 bridgehead atoms. The normalized spacial score (nSPS) is 10.7. The van der Waals surface area contributed by atoms with E-state index in [4.69, 9.17) is 5.73 Å². The maximum Gasteiger partial charge on any atom is -0.00367 e. The summed E-state index contributed by atoms with van der Waals surface area (Å²) < 4.78 is 0. The quantitative estimate of drug-likeness (QED) is 0.764. The molecular formula is C13H15N. The SMILES string of the molecule is Cc1ccc2cc(CCN)ccc2c1. The van der Waals surface area contributed by atoms with Crippen molar-refractivity contribution in [1.82, 2.24) is 0 Å². The van der Waals surface area contributed by atoms with Crippen LogP contribution in [0.3, 0.4) is 0 Å². The van der Waals surface area contributed by atoms with Gasteiger partial charge in [0.05, 0.1) is 0 Å². The molecule has 0 radical (unpaired) electrons. The second kappa shape index (κ2) is 3.81. The number of hydrogen-bond donors (Lipinski definition) is 1. The predicted octanol–water partition coefficient (Wildman–Crippen LogP) is 2.65. The molecule has 0 aliphatic heterocycles. The zero-order valence-corrected chi connectivity index (χ0v) is 8.46. The lowest BCUT2D eigenvalue weighted by Crippen LogP contribution is -2.02. The lowest BCUT2D eigenvalue weighted by Gasteiger charge is -2.03. The molecule has 2 N–H and O–H groups in total. The Hall–Kier alpha value is -1.34. The summed E-state index contributed by atoms with van der Waals surface area (Å²) in [4.78, 5) is 0. The van der Waals surface area contributed by atoms with E-state index in [0.717, 1.165) is 13.0 Å². The van der Waals surface area contributed by atoms with Gasteiger partial charge in [-0.25, -0.2) is 0 Å². The third-order valence-electron chi connectivity index (χ3n) is 2.49. The first kappa shape index (κ1) is 9.22. The van der Waals surface area contributed by atoms with Crippen molar-refractivity contribution >= 4 is 10.8 Å². The highest BCUT2D eigenvalue weighted by atomic mass is 14.5. The second-order valence-corrected chi connectivity index (χ2v) is 3.72. The number of benzene rings is 2. The first-order chi connectivity index (χ1) is 6.79. The smallest absolute Gasteiger partial charge is 0.00367 e. The second-order valence-electron chi connectivity index (χ2n) is 3.72. The highest BCUT2D eigenvalue weighted by Crippen LogP contribution is 2.17. The zero-order valence-electron chi connectivity index (χ0n) is 8.46. The van der Waals surface area contributed by atoms with Gasteiger partial charge in [0.1, 0.15) is 0 Å². The van der Waals surface area contributed by atoms with Gasteiger partial charge in [0.15, 0.2) is 0 Å². The molecule has 2 rings (SSSR count). The van der Waals surface area contributed by atoms with Crippen molar-refractivity contribution in [3.05, 3.63) is 47.5 Å². The van der Waals surface area contributed by atoms with Crippen LogP contribution in [0.25, 0.3) is 10.8 Å². The van der Waals surface area contributed by atoms with Crippen LogP contribution in [-0.4, -0.2) is 6.54 Å². The summed E-state index contributed by atoms with van der Waals surface area (Å²) in [6.45, 7) is 2.84. The van der Waals surface area contributed by atoms with E-state index in [-0.39, 0.29) is 0 Å². The van der Waals surface area contributed by atoms with Crippen molar-refractivity contribution in [2.45, 2.75) is 13.3 Å². The minimum atomic E-state index is 0.720. The number of hydrogen-bond acceptors (Lipinski definition) is 1. The van der Waals surface area contributed by atoms with E-state index in [2.05, 4.69) is 43.3 Å². The summed E-state index contributed by atoms with van der Waals surface area (Å²) in [7, 11) is 0. The van der Waals surface area contributed by atoms with Crippen molar-refractivity contribution in [3.63, 3.8) is 0 Å². The Morgan fingerprint density at radius 1 is 1.00 bits per heavy atom. The van der Waals surface area contributed by atoms with Gasteiger partial charge in [-0.2, -0.15) is 0 Å². The minimum Gasteiger partial charge on any atom is -0.330 e. The monoisotopic (exact) mass is 185 g/mol. The molecule has 2 aromatic carbocycles. The van der Waals surface area contributed by atoms with Gasteiger partial charge >= 0.3 is 0 Å². The fraction of sp³-hybridized carbons (Fsp3) is 0.231. The molecule has 1 heteroatoms. The minimum absolute atomic E-state index is 0.720. The number of fused-ring (bicyclic) bond motifs is 1. The first-order valence-electron chi connectivity index (χ1n) is 4.99. The Labute approximate surface area is 84.5 Å². The molecule has 0 saturated carbocycles. The van der Waals surface area contributed by atoms with Crippen LogP contribution in [0, 0.1) is 6.92 Å². The van der Waals surface area contributed by atoms with Crippen molar-refractivity contribution in [3.8, 4) is 0 Å². The zero-order chi connectivity index (χ0) is 9.97. The Morgan fingerprint density at radius 2 is 1.71 bits per heavy atom. The van der Waals surface area contributed by atoms with Crippen LogP contribution in [0.15, 0.2) is 36.4 Å². The fourth-order valence-electron chi connectivity index (χ4n) is 1.74. The molecule has 0 spiro atoms. The Bertz CT molecular complexity index is 446. The molecule has 0 aliphatic rings. The van der Waals surface area contributed by atoms with Crippen molar-refractivity contribution in [1.29, 1.82) is 0 Å². The molecule has 0 unspecified atom stereocenters. The summed E-state index contributed by atoms with van der Waals surface area (Å²) >= 11 is 0. The molecule has 0 heterocycles. The molecule has 0 fully saturated rings. The largest absolute Gasteiger partial charge is 0.330 e. The van der Waals surface area contributed by atoms with Gasteiger partial charge in [-0.1, -0.05) is 42.0 Å². The van der Waals surface area contributed by atoms with E-state index in [0.29, 0.717) is 0 Å². The summed E-state index contributed by atoms with van der Waals surface area (Å²) in [6, 6.07) is 13.1. The molecule has 1 nitrogen and oxygen atoms in total. The van der Waals surface area contributed by atoms with E-state index in [1.807, 2.05) is 0 Å². The third-order valence-corrected chi connectivity index (χ3v) is 2.49. The molecule has 72 valence electrons. The third kappa shape index (κ3) is 1.78. The Balaban J connectivity index is 2.50. The maximum atomic E-state index is 5.53. The van der Waals surface area contributed by atoms with Crippen LogP contribution in [0.5, 0.6) is 0 Å². The number of nitrogens with two attached hydrogens (primary N) is 1. The highest BCUT2D eigenvalue weighted by Gasteiger charge is 1.96. The van der Waals surface area contributed by atoms with Gasteiger partial charge in [-0.3, -0.25) is 0 Å². The van der Waals surface area contributed by atoms with Crippen molar-refractivity contribution in [2.75, 3.05) is 6.54 Å². The van der Waals surface area contributed by atoms with Crippen LogP contribution in [-0.2, 0) is 6.42 Å². The van der Waals surface area contributed by atoms with Gasteiger partial charge < -0.3 is 5.73 Å². The maximum absolute atomic E-state index is 5.53. The molecule has 0 atom stereocenters. The molecule has 0 saturated heterocycles. The Kier molecular flexibility index (Phi) is 2.51. The van der Waals surface area contributed by atoms with Gasteiger partial charge in [0, 0.05) is 0 Å². The number of rotatable bonds is 2. The average Bonchev–Trinajstić information content (AvgIpc) is 2.19. The number of aryl methyl sites for hydroxylation is 1. The van der Waals surface area contributed by atoms with Crippen LogP contribution >= 0.6 is 0 Å². The molecule has 0 amide bonds. The molecule has 0 aliphatic carbocycles. The van der Waals surface area contributed by atoms with Gasteiger partial charge in [0.25, 0.3) is 0 Å². The van der Waals surface area contributed by atoms with E-state index < -0.39 is 0 Å². The van der Waals surface area contributed by atoms with Crippen LogP contribution in [0.4, 0.5) is 0 Å². The summed E-state index contributed by atoms with van der Waals surface area (Å²) in [6.07, 6.45) is 0.962. The van der Waals surface area contributed by atoms with E-state index >= 15 is 0 Å². The van der Waals surface area contributed by atoms with Crippen LogP contribution in [0.1, 0.15) is 11.1 Å². The summed E-state index contributed by atoms with van der Waals surface area (Å²) in [5, 5.41) is 2.62. The first-order valence-corrected chi connectivity index (χ1v) is 4.99. The van der Waals surface area contributed by atoms with E-state index in [1.165, 1.54) is 21.9 Å². The lowest BCUT2D eigenvalue weighted by atomic mass is 10.0. The topological polar surface area (TPSA) is 26.0 Å². The average molecular weight is 185 g/mol. The van der Waals surface area contributed by atoms with Gasteiger partial charge in [-0.05, 0) is 36.2 Å². The van der Waals surface area contributed by atoms with E-state index in [9.17, 15) is 0 Å². The summed E-state index contributed by atoms with van der Waals surface area (Å²) in [5.74, 6) is 0. The molecule has 14 heavy (non-hydrogen) atoms. The highest BCUT2D eigenvalue weighted by molar-refractivity contribution is 5.83. The molecule has 2 aromatic rings. The van der Waals surface area contributed by atoms with Gasteiger partial charge in [-0.15, -0.1) is 0 Å². The standard InChI is InChI=1S/C13H15N/c1-10-2-4-13-9-11(6-7-14)3-5-12(13)8-10/h2-5,8-9H,6-7,14H2,1H3. The van der Waals surface area contributed by atoms with Crippen molar-refractivity contribution in [2.24, 2.45) is 5.73 Å².